The number of rotatable bonds is 13. The Morgan fingerprint density at radius 2 is 1.50 bits per heavy atom. The van der Waals surface area contributed by atoms with Crippen molar-refractivity contribution in [3.8, 4) is 0 Å². The van der Waals surface area contributed by atoms with Crippen molar-refractivity contribution in [2.24, 2.45) is 0 Å². The minimum atomic E-state index is -1.40. The van der Waals surface area contributed by atoms with Crippen molar-refractivity contribution < 1.29 is 57.2 Å². The van der Waals surface area contributed by atoms with Gasteiger partial charge in [-0.15, -0.1) is 16.7 Å². The molecule has 1 amide bonds. The van der Waals surface area contributed by atoms with Crippen LogP contribution < -0.4 is 0 Å². The lowest BCUT2D eigenvalue weighted by Crippen LogP contribution is -2.60. The lowest BCUT2D eigenvalue weighted by molar-refractivity contribution is -0.270. The molecule has 17 heteroatoms. The van der Waals surface area contributed by atoms with Crippen LogP contribution in [-0.4, -0.2) is 105 Å². The van der Waals surface area contributed by atoms with Gasteiger partial charge in [0.1, 0.15) is 24.0 Å². The van der Waals surface area contributed by atoms with Crippen molar-refractivity contribution in [2.45, 2.75) is 104 Å². The van der Waals surface area contributed by atoms with E-state index in [1.165, 1.54) is 15.8 Å². The van der Waals surface area contributed by atoms with E-state index in [4.69, 9.17) is 40.0 Å². The van der Waals surface area contributed by atoms with E-state index < -0.39 is 72.7 Å². The van der Waals surface area contributed by atoms with Gasteiger partial charge in [0.2, 0.25) is 5.91 Å². The Labute approximate surface area is 259 Å². The standard InChI is InChI=1S/C27H39ClN4O12/c1-15(33)39-14-20-23(40-16(2)34)24(41-17(3)35)25(42-18(4)36)26(43-20)32-13-19(29-30-32)12-31(21(37)8-10-28)11-9-22(38)44-27(5,6)7/h13,20,23-26H,8-12,14H2,1-7H3/t20-,23+,24+,25-,26-/m1/s1. The zero-order valence-corrected chi connectivity index (χ0v) is 26.5. The van der Waals surface area contributed by atoms with Crippen LogP contribution in [0.4, 0.5) is 0 Å². The van der Waals surface area contributed by atoms with Crippen LogP contribution in [-0.2, 0) is 63.7 Å². The predicted octanol–water partition coefficient (Wildman–Crippen LogP) is 1.22. The molecule has 1 aliphatic rings. The monoisotopic (exact) mass is 646 g/mol. The molecule has 246 valence electrons. The SMILES string of the molecule is CC(=O)OC[C@H]1O[C@@H](n2cc(CN(CCC(=O)OC(C)(C)C)C(=O)CCCl)nn2)[C@H](OC(C)=O)[C@@H](OC(C)=O)[C@H]1OC(C)=O. The Bertz CT molecular complexity index is 1200. The summed E-state index contributed by atoms with van der Waals surface area (Å²) in [4.78, 5) is 74.1. The van der Waals surface area contributed by atoms with E-state index in [-0.39, 0.29) is 43.4 Å². The lowest BCUT2D eigenvalue weighted by atomic mass is 9.97. The molecule has 16 nitrogen and oxygen atoms in total. The van der Waals surface area contributed by atoms with Gasteiger partial charge in [0.25, 0.3) is 0 Å². The van der Waals surface area contributed by atoms with Crippen molar-refractivity contribution in [1.29, 1.82) is 0 Å². The van der Waals surface area contributed by atoms with Gasteiger partial charge in [-0.25, -0.2) is 4.68 Å². The van der Waals surface area contributed by atoms with Gasteiger partial charge in [0, 0.05) is 46.5 Å². The van der Waals surface area contributed by atoms with Gasteiger partial charge in [0.05, 0.1) is 19.2 Å². The maximum atomic E-state index is 12.8. The second kappa shape index (κ2) is 16.3. The smallest absolute Gasteiger partial charge is 0.308 e. The Kier molecular flexibility index (Phi) is 13.5. The first-order valence-corrected chi connectivity index (χ1v) is 14.3. The number of ether oxygens (including phenoxy) is 6. The number of esters is 5. The molecule has 1 aromatic heterocycles. The first-order chi connectivity index (χ1) is 20.5. The molecule has 1 aromatic rings. The molecular weight excluding hydrogens is 608 g/mol. The van der Waals surface area contributed by atoms with Crippen molar-refractivity contribution >= 4 is 47.4 Å². The van der Waals surface area contributed by atoms with Crippen LogP contribution in [0.15, 0.2) is 6.20 Å². The molecule has 0 unspecified atom stereocenters. The third-order valence-corrected chi connectivity index (χ3v) is 5.99. The second-order valence-corrected chi connectivity index (χ2v) is 11.2. The number of aromatic nitrogens is 3. The van der Waals surface area contributed by atoms with Crippen LogP contribution in [0.2, 0.25) is 0 Å². The zero-order chi connectivity index (χ0) is 33.2. The number of nitrogens with zero attached hydrogens (tertiary/aromatic N) is 4. The van der Waals surface area contributed by atoms with Gasteiger partial charge >= 0.3 is 29.8 Å². The average Bonchev–Trinajstić information content (AvgIpc) is 3.34. The molecule has 0 aromatic carbocycles. The molecule has 5 atom stereocenters. The predicted molar refractivity (Wildman–Crippen MR) is 148 cm³/mol. The first kappa shape index (κ1) is 36.4. The fourth-order valence-corrected chi connectivity index (χ4v) is 4.44. The van der Waals surface area contributed by atoms with Crippen molar-refractivity contribution in [3.05, 3.63) is 11.9 Å². The first-order valence-electron chi connectivity index (χ1n) is 13.8. The highest BCUT2D eigenvalue weighted by Crippen LogP contribution is 2.34. The molecule has 0 bridgehead atoms. The van der Waals surface area contributed by atoms with Gasteiger partial charge in [-0.2, -0.15) is 0 Å². The van der Waals surface area contributed by atoms with Gasteiger partial charge in [0.15, 0.2) is 24.5 Å². The van der Waals surface area contributed by atoms with Gasteiger partial charge in [-0.3, -0.25) is 28.8 Å². The quantitative estimate of drug-likeness (QED) is 0.169. The van der Waals surface area contributed by atoms with Crippen LogP contribution in [0.25, 0.3) is 0 Å². The van der Waals surface area contributed by atoms with Crippen LogP contribution in [0.5, 0.6) is 0 Å². The summed E-state index contributed by atoms with van der Waals surface area (Å²) in [6, 6.07) is 0. The van der Waals surface area contributed by atoms with E-state index in [0.29, 0.717) is 0 Å². The van der Waals surface area contributed by atoms with E-state index in [1.54, 1.807) is 20.8 Å². The number of halogens is 1. The van der Waals surface area contributed by atoms with Gasteiger partial charge < -0.3 is 33.3 Å². The van der Waals surface area contributed by atoms with E-state index in [1.807, 2.05) is 0 Å². The summed E-state index contributed by atoms with van der Waals surface area (Å²) in [7, 11) is 0. The van der Waals surface area contributed by atoms with E-state index in [9.17, 15) is 28.8 Å². The number of hydrogen-bond donors (Lipinski definition) is 0. The summed E-state index contributed by atoms with van der Waals surface area (Å²) in [5.74, 6) is -3.77. The molecule has 1 fully saturated rings. The minimum absolute atomic E-state index is 0.00367. The van der Waals surface area contributed by atoms with Crippen molar-refractivity contribution in [3.63, 3.8) is 0 Å². The molecule has 0 spiro atoms. The van der Waals surface area contributed by atoms with E-state index >= 15 is 0 Å². The molecular formula is C27H39ClN4O12. The third kappa shape index (κ3) is 11.7. The third-order valence-electron chi connectivity index (χ3n) is 5.80. The molecule has 0 saturated carbocycles. The Balaban J connectivity index is 2.42. The van der Waals surface area contributed by atoms with E-state index in [0.717, 1.165) is 27.7 Å². The fourth-order valence-electron chi connectivity index (χ4n) is 4.27. The highest BCUT2D eigenvalue weighted by molar-refractivity contribution is 6.18. The number of carbonyl (C=O) groups is 6. The largest absolute Gasteiger partial charge is 0.463 e. The number of amides is 1. The van der Waals surface area contributed by atoms with Gasteiger partial charge in [-0.1, -0.05) is 5.21 Å². The maximum absolute atomic E-state index is 12.8. The van der Waals surface area contributed by atoms with Crippen LogP contribution in [0.3, 0.4) is 0 Å². The summed E-state index contributed by atoms with van der Waals surface area (Å²) in [6.45, 7) is 9.21. The van der Waals surface area contributed by atoms with Crippen molar-refractivity contribution in [1.82, 2.24) is 19.9 Å². The molecule has 0 radical (unpaired) electrons. The summed E-state index contributed by atoms with van der Waals surface area (Å²) in [5, 5.41) is 8.16. The van der Waals surface area contributed by atoms with Gasteiger partial charge in [-0.05, 0) is 20.8 Å². The van der Waals surface area contributed by atoms with Crippen LogP contribution in [0.1, 0.15) is 73.2 Å². The Hall–Kier alpha value is -3.79. The highest BCUT2D eigenvalue weighted by atomic mass is 35.5. The molecule has 0 N–H and O–H groups in total. The summed E-state index contributed by atoms with van der Waals surface area (Å²) >= 11 is 5.78. The zero-order valence-electron chi connectivity index (χ0n) is 25.8. The maximum Gasteiger partial charge on any atom is 0.308 e. The van der Waals surface area contributed by atoms with Crippen LogP contribution in [0, 0.1) is 0 Å². The second-order valence-electron chi connectivity index (χ2n) is 10.9. The Morgan fingerprint density at radius 1 is 0.909 bits per heavy atom. The lowest BCUT2D eigenvalue weighted by Gasteiger charge is -2.44. The topological polar surface area (TPSA) is 192 Å². The van der Waals surface area contributed by atoms with Crippen LogP contribution >= 0.6 is 11.6 Å². The molecule has 0 aliphatic carbocycles. The molecule has 1 aliphatic heterocycles. The molecule has 44 heavy (non-hydrogen) atoms. The highest BCUT2D eigenvalue weighted by Gasteiger charge is 2.53. The number of carbonyl (C=O) groups excluding carboxylic acids is 6. The average molecular weight is 647 g/mol. The molecule has 2 heterocycles. The molecule has 1 saturated heterocycles. The number of alkyl halides is 1. The normalized spacial score (nSPS) is 21.5. The summed E-state index contributed by atoms with van der Waals surface area (Å²) in [6.07, 6.45) is -5.32. The minimum Gasteiger partial charge on any atom is -0.463 e. The number of hydrogen-bond acceptors (Lipinski definition) is 14. The Morgan fingerprint density at radius 3 is 2.05 bits per heavy atom. The summed E-state index contributed by atoms with van der Waals surface area (Å²) < 4.78 is 33.9. The summed E-state index contributed by atoms with van der Waals surface area (Å²) in [5.41, 5.74) is -0.445. The van der Waals surface area contributed by atoms with E-state index in [2.05, 4.69) is 10.3 Å². The fraction of sp³-hybridized carbons (Fsp3) is 0.704. The van der Waals surface area contributed by atoms with Crippen molar-refractivity contribution in [2.75, 3.05) is 19.0 Å². The molecule has 2 rings (SSSR count).